The van der Waals surface area contributed by atoms with E-state index in [-0.39, 0.29) is 43.6 Å². The van der Waals surface area contributed by atoms with Crippen LogP contribution in [0.15, 0.2) is 84.2 Å². The summed E-state index contributed by atoms with van der Waals surface area (Å²) in [4.78, 5) is 31.9. The van der Waals surface area contributed by atoms with Gasteiger partial charge in [0.2, 0.25) is 5.91 Å². The van der Waals surface area contributed by atoms with Crippen LogP contribution in [0, 0.1) is 6.92 Å². The lowest BCUT2D eigenvalue weighted by Crippen LogP contribution is -2.35. The van der Waals surface area contributed by atoms with Gasteiger partial charge in [0.15, 0.2) is 5.13 Å². The molecule has 6 nitrogen and oxygen atoms in total. The Morgan fingerprint density at radius 2 is 1.69 bits per heavy atom. The maximum Gasteiger partial charge on any atom is 0.416 e. The summed E-state index contributed by atoms with van der Waals surface area (Å²) in [7, 11) is 0. The minimum atomic E-state index is -4.45. The van der Waals surface area contributed by atoms with Crippen LogP contribution in [0.2, 0.25) is 0 Å². The van der Waals surface area contributed by atoms with Gasteiger partial charge >= 0.3 is 6.18 Å². The van der Waals surface area contributed by atoms with Gasteiger partial charge in [-0.2, -0.15) is 13.2 Å². The summed E-state index contributed by atoms with van der Waals surface area (Å²) in [5.74, 6) is -0.698. The highest BCUT2D eigenvalue weighted by atomic mass is 32.1. The number of halogens is 3. The molecule has 0 atom stereocenters. The van der Waals surface area contributed by atoms with Crippen molar-refractivity contribution in [3.8, 4) is 0 Å². The molecule has 0 fully saturated rings. The number of nitrogens with one attached hydrogen (secondary N) is 2. The van der Waals surface area contributed by atoms with Crippen LogP contribution in [0.1, 0.15) is 39.2 Å². The zero-order valence-electron chi connectivity index (χ0n) is 21.2. The average molecular weight is 553 g/mol. The maximum atomic E-state index is 13.4. The predicted molar refractivity (Wildman–Crippen MR) is 146 cm³/mol. The second kappa shape index (κ2) is 12.6. The second-order valence-electron chi connectivity index (χ2n) is 8.97. The largest absolute Gasteiger partial charge is 0.416 e. The van der Waals surface area contributed by atoms with E-state index in [0.29, 0.717) is 10.7 Å². The molecule has 1 aromatic heterocycles. The first-order valence-electron chi connectivity index (χ1n) is 12.2. The molecule has 0 radical (unpaired) electrons. The Labute approximate surface area is 228 Å². The number of hydrogen-bond donors (Lipinski definition) is 2. The number of benzene rings is 3. The van der Waals surface area contributed by atoms with Crippen molar-refractivity contribution in [2.45, 2.75) is 32.6 Å². The number of nitrogens with zero attached hydrogens (tertiary/aromatic N) is 2. The van der Waals surface area contributed by atoms with Crippen molar-refractivity contribution >= 4 is 34.0 Å². The van der Waals surface area contributed by atoms with Crippen LogP contribution in [-0.2, 0) is 24.1 Å². The van der Waals surface area contributed by atoms with Gasteiger partial charge in [-0.25, -0.2) is 4.98 Å². The fourth-order valence-corrected chi connectivity index (χ4v) is 4.58. The maximum absolute atomic E-state index is 13.4. The first-order valence-corrected chi connectivity index (χ1v) is 13.1. The Hall–Kier alpha value is -4.18. The van der Waals surface area contributed by atoms with E-state index in [0.717, 1.165) is 28.9 Å². The van der Waals surface area contributed by atoms with Crippen molar-refractivity contribution in [2.75, 3.05) is 11.9 Å². The molecule has 10 heteroatoms. The number of aryl methyl sites for hydroxylation is 1. The van der Waals surface area contributed by atoms with Gasteiger partial charge in [0.05, 0.1) is 5.56 Å². The molecule has 0 unspecified atom stereocenters. The molecule has 2 N–H and O–H groups in total. The standard InChI is InChI=1S/C29H27F3N4O2S/c1-20-7-5-12-24(15-20)34-28-35-25(19-39-28)27(38)36(18-21-8-3-2-4-9-21)14-13-26(37)33-17-22-10-6-11-23(16-22)29(30,31)32/h2-12,15-16,19H,13-14,17-18H2,1H3,(H,33,37)(H,34,35). The van der Waals surface area contributed by atoms with Crippen LogP contribution < -0.4 is 10.6 Å². The molecule has 4 rings (SSSR count). The van der Waals surface area contributed by atoms with Gasteiger partial charge in [0.25, 0.3) is 5.91 Å². The first kappa shape index (κ1) is 27.8. The number of rotatable bonds is 10. The minimum Gasteiger partial charge on any atom is -0.352 e. The number of thiazole rings is 1. The molecule has 0 aliphatic heterocycles. The molecule has 2 amide bonds. The summed E-state index contributed by atoms with van der Waals surface area (Å²) >= 11 is 1.31. The van der Waals surface area contributed by atoms with Crippen molar-refractivity contribution in [3.05, 3.63) is 112 Å². The van der Waals surface area contributed by atoms with Gasteiger partial charge < -0.3 is 15.5 Å². The normalized spacial score (nSPS) is 11.2. The third kappa shape index (κ3) is 8.15. The molecular weight excluding hydrogens is 525 g/mol. The molecule has 0 aliphatic rings. The van der Waals surface area contributed by atoms with E-state index < -0.39 is 11.7 Å². The number of alkyl halides is 3. The van der Waals surface area contributed by atoms with E-state index in [1.807, 2.05) is 61.5 Å². The number of carbonyl (C=O) groups is 2. The van der Waals surface area contributed by atoms with E-state index >= 15 is 0 Å². The van der Waals surface area contributed by atoms with Crippen LogP contribution in [0.25, 0.3) is 0 Å². The van der Waals surface area contributed by atoms with Gasteiger partial charge in [0, 0.05) is 37.1 Å². The lowest BCUT2D eigenvalue weighted by molar-refractivity contribution is -0.137. The molecule has 0 spiro atoms. The zero-order chi connectivity index (χ0) is 27.8. The molecule has 0 bridgehead atoms. The zero-order valence-corrected chi connectivity index (χ0v) is 22.0. The number of hydrogen-bond acceptors (Lipinski definition) is 5. The fraction of sp³-hybridized carbons (Fsp3) is 0.207. The van der Waals surface area contributed by atoms with Crippen LogP contribution in [0.4, 0.5) is 24.0 Å². The lowest BCUT2D eigenvalue weighted by atomic mass is 10.1. The topological polar surface area (TPSA) is 74.3 Å². The Bertz CT molecular complexity index is 1420. The summed E-state index contributed by atoms with van der Waals surface area (Å²) in [6.45, 7) is 2.33. The monoisotopic (exact) mass is 552 g/mol. The van der Waals surface area contributed by atoms with Gasteiger partial charge in [0.1, 0.15) is 5.69 Å². The molecule has 4 aromatic rings. The number of aromatic nitrogens is 1. The summed E-state index contributed by atoms with van der Waals surface area (Å²) in [6.07, 6.45) is -4.47. The van der Waals surface area contributed by atoms with Crippen LogP contribution in [0.5, 0.6) is 0 Å². The van der Waals surface area contributed by atoms with Crippen molar-refractivity contribution < 1.29 is 22.8 Å². The highest BCUT2D eigenvalue weighted by Gasteiger charge is 2.30. The Kier molecular flexibility index (Phi) is 8.98. The molecule has 0 saturated heterocycles. The van der Waals surface area contributed by atoms with E-state index in [9.17, 15) is 22.8 Å². The number of carbonyl (C=O) groups excluding carboxylic acids is 2. The fourth-order valence-electron chi connectivity index (χ4n) is 3.88. The third-order valence-electron chi connectivity index (χ3n) is 5.85. The Morgan fingerprint density at radius 3 is 2.44 bits per heavy atom. The number of anilines is 2. The van der Waals surface area contributed by atoms with Crippen LogP contribution in [-0.4, -0.2) is 28.2 Å². The SMILES string of the molecule is Cc1cccc(Nc2nc(C(=O)N(CCC(=O)NCc3cccc(C(F)(F)F)c3)Cc3ccccc3)cs2)c1. The molecule has 39 heavy (non-hydrogen) atoms. The smallest absolute Gasteiger partial charge is 0.352 e. The van der Waals surface area contributed by atoms with Crippen molar-refractivity contribution in [3.63, 3.8) is 0 Å². The third-order valence-corrected chi connectivity index (χ3v) is 6.61. The molecule has 0 aliphatic carbocycles. The molecule has 202 valence electrons. The summed E-state index contributed by atoms with van der Waals surface area (Å²) in [5.41, 5.74) is 2.68. The van der Waals surface area contributed by atoms with Crippen LogP contribution >= 0.6 is 11.3 Å². The first-order chi connectivity index (χ1) is 18.7. The van der Waals surface area contributed by atoms with Gasteiger partial charge in [-0.1, -0.05) is 54.6 Å². The quantitative estimate of drug-likeness (QED) is 0.234. The van der Waals surface area contributed by atoms with E-state index in [4.69, 9.17) is 0 Å². The van der Waals surface area contributed by atoms with Crippen molar-refractivity contribution in [1.29, 1.82) is 0 Å². The molecular formula is C29H27F3N4O2S. The highest BCUT2D eigenvalue weighted by Crippen LogP contribution is 2.29. The van der Waals surface area contributed by atoms with Gasteiger partial charge in [-0.3, -0.25) is 9.59 Å². The van der Waals surface area contributed by atoms with E-state index in [2.05, 4.69) is 15.6 Å². The summed E-state index contributed by atoms with van der Waals surface area (Å²) < 4.78 is 38.9. The summed E-state index contributed by atoms with van der Waals surface area (Å²) in [5, 5.41) is 8.09. The molecule has 3 aromatic carbocycles. The summed E-state index contributed by atoms with van der Waals surface area (Å²) in [6, 6.07) is 22.0. The van der Waals surface area contributed by atoms with Crippen molar-refractivity contribution in [1.82, 2.24) is 15.2 Å². The Morgan fingerprint density at radius 1 is 0.949 bits per heavy atom. The molecule has 0 saturated carbocycles. The van der Waals surface area contributed by atoms with Crippen LogP contribution in [0.3, 0.4) is 0 Å². The van der Waals surface area contributed by atoms with Gasteiger partial charge in [-0.15, -0.1) is 11.3 Å². The van der Waals surface area contributed by atoms with Crippen molar-refractivity contribution in [2.24, 2.45) is 0 Å². The van der Waals surface area contributed by atoms with E-state index in [1.165, 1.54) is 23.5 Å². The minimum absolute atomic E-state index is 0.0178. The average Bonchev–Trinajstić information content (AvgIpc) is 3.38. The number of amides is 2. The van der Waals surface area contributed by atoms with Gasteiger partial charge in [-0.05, 0) is 47.9 Å². The lowest BCUT2D eigenvalue weighted by Gasteiger charge is -2.22. The highest BCUT2D eigenvalue weighted by molar-refractivity contribution is 7.14. The molecule has 1 heterocycles. The van der Waals surface area contributed by atoms with E-state index in [1.54, 1.807) is 10.3 Å². The Balaban J connectivity index is 1.40. The second-order valence-corrected chi connectivity index (χ2v) is 9.83. The predicted octanol–water partition coefficient (Wildman–Crippen LogP) is 6.56.